The maximum absolute atomic E-state index is 11.8. The van der Waals surface area contributed by atoms with Gasteiger partial charge in [0.2, 0.25) is 5.91 Å². The van der Waals surface area contributed by atoms with Gasteiger partial charge in [0.15, 0.2) is 0 Å². The number of carbonyl (C=O) groups excluding carboxylic acids is 1. The van der Waals surface area contributed by atoms with Crippen LogP contribution in [0.25, 0.3) is 0 Å². The molecule has 1 aliphatic rings. The summed E-state index contributed by atoms with van der Waals surface area (Å²) in [5.41, 5.74) is 5.70. The van der Waals surface area contributed by atoms with E-state index in [9.17, 15) is 4.79 Å². The third kappa shape index (κ3) is 7.47. The number of carbonyl (C=O) groups is 1. The number of methoxy groups -OCH3 is 1. The number of rotatable bonds is 7. The summed E-state index contributed by atoms with van der Waals surface area (Å²) in [6.07, 6.45) is 3.81. The van der Waals surface area contributed by atoms with Crippen molar-refractivity contribution in [3.8, 4) is 0 Å². The highest BCUT2D eigenvalue weighted by molar-refractivity contribution is 5.85. The van der Waals surface area contributed by atoms with Crippen molar-refractivity contribution >= 4 is 30.7 Å². The van der Waals surface area contributed by atoms with E-state index in [1.807, 2.05) is 0 Å². The maximum Gasteiger partial charge on any atom is 0.239 e. The molecule has 1 amide bonds. The molecule has 3 N–H and O–H groups in total. The minimum Gasteiger partial charge on any atom is -0.383 e. The average molecular weight is 358 g/mol. The van der Waals surface area contributed by atoms with Crippen LogP contribution in [0.15, 0.2) is 0 Å². The smallest absolute Gasteiger partial charge is 0.239 e. The first-order chi connectivity index (χ1) is 9.40. The van der Waals surface area contributed by atoms with Gasteiger partial charge in [0.05, 0.1) is 6.61 Å². The van der Waals surface area contributed by atoms with E-state index in [0.29, 0.717) is 6.54 Å². The van der Waals surface area contributed by atoms with Crippen LogP contribution in [-0.4, -0.2) is 55.7 Å². The summed E-state index contributed by atoms with van der Waals surface area (Å²) in [6, 6.07) is -0.583. The lowest BCUT2D eigenvalue weighted by molar-refractivity contribution is -0.124. The zero-order valence-corrected chi connectivity index (χ0v) is 15.9. The van der Waals surface area contributed by atoms with Crippen molar-refractivity contribution < 1.29 is 9.53 Å². The first kappa shape index (κ1) is 24.2. The van der Waals surface area contributed by atoms with Crippen LogP contribution in [0, 0.1) is 5.92 Å². The molecule has 0 radical (unpaired) electrons. The molecule has 1 heterocycles. The molecule has 0 aliphatic carbocycles. The van der Waals surface area contributed by atoms with Gasteiger partial charge in [-0.3, -0.25) is 9.69 Å². The zero-order chi connectivity index (χ0) is 15.2. The molecule has 0 bridgehead atoms. The molecular weight excluding hydrogens is 325 g/mol. The molecule has 0 saturated carbocycles. The van der Waals surface area contributed by atoms with Crippen molar-refractivity contribution in [3.05, 3.63) is 0 Å². The first-order valence-corrected chi connectivity index (χ1v) is 7.68. The standard InChI is InChI=1S/C15H31N3O2.2ClH/c1-5-12-7-6-8-18(9-12)15(2,3)11-17-14(19)13(16)10-20-4;;/h12-13H,5-11,16H2,1-4H3,(H,17,19);2*1H. The number of nitrogens with zero attached hydrogens (tertiary/aromatic N) is 1. The van der Waals surface area contributed by atoms with E-state index in [2.05, 4.69) is 31.0 Å². The second-order valence-electron chi connectivity index (χ2n) is 6.45. The minimum absolute atomic E-state index is 0. The molecule has 1 fully saturated rings. The van der Waals surface area contributed by atoms with Gasteiger partial charge >= 0.3 is 0 Å². The molecule has 22 heavy (non-hydrogen) atoms. The summed E-state index contributed by atoms with van der Waals surface area (Å²) in [5.74, 6) is 0.651. The van der Waals surface area contributed by atoms with Gasteiger partial charge in [-0.2, -0.15) is 0 Å². The van der Waals surface area contributed by atoms with Gasteiger partial charge in [-0.15, -0.1) is 24.8 Å². The van der Waals surface area contributed by atoms with Crippen LogP contribution >= 0.6 is 24.8 Å². The van der Waals surface area contributed by atoms with Crippen LogP contribution in [0.5, 0.6) is 0 Å². The summed E-state index contributed by atoms with van der Waals surface area (Å²) in [4.78, 5) is 14.3. The van der Waals surface area contributed by atoms with E-state index in [4.69, 9.17) is 10.5 Å². The summed E-state index contributed by atoms with van der Waals surface area (Å²) in [5, 5.41) is 2.95. The van der Waals surface area contributed by atoms with E-state index in [0.717, 1.165) is 19.0 Å². The molecule has 0 spiro atoms. The molecule has 2 atom stereocenters. The number of piperidine rings is 1. The summed E-state index contributed by atoms with van der Waals surface area (Å²) in [6.45, 7) is 9.76. The Morgan fingerprint density at radius 1 is 1.45 bits per heavy atom. The first-order valence-electron chi connectivity index (χ1n) is 7.68. The second kappa shape index (κ2) is 11.5. The molecule has 1 rings (SSSR count). The second-order valence-corrected chi connectivity index (χ2v) is 6.45. The summed E-state index contributed by atoms with van der Waals surface area (Å²) in [7, 11) is 1.55. The fraction of sp³-hybridized carbons (Fsp3) is 0.933. The molecule has 2 unspecified atom stereocenters. The Morgan fingerprint density at radius 3 is 2.64 bits per heavy atom. The van der Waals surface area contributed by atoms with Crippen LogP contribution in [0.4, 0.5) is 0 Å². The number of nitrogens with one attached hydrogen (secondary N) is 1. The minimum atomic E-state index is -0.583. The lowest BCUT2D eigenvalue weighted by Gasteiger charge is -2.43. The van der Waals surface area contributed by atoms with Crippen LogP contribution in [0.3, 0.4) is 0 Å². The third-order valence-corrected chi connectivity index (χ3v) is 4.33. The molecule has 1 aliphatic heterocycles. The van der Waals surface area contributed by atoms with Crippen molar-refractivity contribution in [2.45, 2.75) is 51.6 Å². The molecule has 0 aromatic rings. The van der Waals surface area contributed by atoms with Gasteiger partial charge in [0, 0.05) is 25.7 Å². The molecule has 0 aromatic carbocycles. The predicted octanol–water partition coefficient (Wildman–Crippen LogP) is 1.82. The normalized spacial score (nSPS) is 20.5. The highest BCUT2D eigenvalue weighted by Gasteiger charge is 2.31. The van der Waals surface area contributed by atoms with Crippen molar-refractivity contribution in [2.75, 3.05) is 33.4 Å². The maximum atomic E-state index is 11.8. The van der Waals surface area contributed by atoms with Gasteiger partial charge < -0.3 is 15.8 Å². The molecule has 7 heteroatoms. The van der Waals surface area contributed by atoms with Crippen LogP contribution < -0.4 is 11.1 Å². The topological polar surface area (TPSA) is 67.6 Å². The lowest BCUT2D eigenvalue weighted by Crippen LogP contribution is -2.56. The van der Waals surface area contributed by atoms with Gasteiger partial charge in [-0.05, 0) is 39.2 Å². The summed E-state index contributed by atoms with van der Waals surface area (Å²) < 4.78 is 4.91. The van der Waals surface area contributed by atoms with Gasteiger partial charge in [-0.1, -0.05) is 13.3 Å². The quantitative estimate of drug-likeness (QED) is 0.729. The van der Waals surface area contributed by atoms with Crippen LogP contribution in [0.1, 0.15) is 40.0 Å². The number of likely N-dealkylation sites (tertiary alicyclic amines) is 1. The monoisotopic (exact) mass is 357 g/mol. The van der Waals surface area contributed by atoms with Crippen molar-refractivity contribution in [1.82, 2.24) is 10.2 Å². The van der Waals surface area contributed by atoms with Crippen molar-refractivity contribution in [3.63, 3.8) is 0 Å². The number of ether oxygens (including phenoxy) is 1. The average Bonchev–Trinajstić information content (AvgIpc) is 2.45. The molecule has 5 nitrogen and oxygen atoms in total. The number of hydrogen-bond acceptors (Lipinski definition) is 4. The van der Waals surface area contributed by atoms with Crippen molar-refractivity contribution in [1.29, 1.82) is 0 Å². The number of halogens is 2. The fourth-order valence-corrected chi connectivity index (χ4v) is 2.75. The Labute approximate surface area is 147 Å². The zero-order valence-electron chi connectivity index (χ0n) is 14.3. The molecular formula is C15H33Cl2N3O2. The molecule has 0 aromatic heterocycles. The van der Waals surface area contributed by atoms with E-state index in [1.165, 1.54) is 19.3 Å². The van der Waals surface area contributed by atoms with E-state index in [-0.39, 0.29) is 42.9 Å². The number of hydrogen-bond donors (Lipinski definition) is 2. The Kier molecular flexibility index (Phi) is 12.6. The lowest BCUT2D eigenvalue weighted by atomic mass is 9.91. The van der Waals surface area contributed by atoms with E-state index in [1.54, 1.807) is 7.11 Å². The Balaban J connectivity index is 0. The third-order valence-electron chi connectivity index (χ3n) is 4.33. The van der Waals surface area contributed by atoms with Crippen LogP contribution in [-0.2, 0) is 9.53 Å². The largest absolute Gasteiger partial charge is 0.383 e. The van der Waals surface area contributed by atoms with Crippen LogP contribution in [0.2, 0.25) is 0 Å². The Bertz CT molecular complexity index is 317. The number of amides is 1. The van der Waals surface area contributed by atoms with Crippen molar-refractivity contribution in [2.24, 2.45) is 11.7 Å². The SMILES string of the molecule is CCC1CCCN(C(C)(C)CNC(=O)C(N)COC)C1.Cl.Cl. The number of nitrogens with two attached hydrogens (primary N) is 1. The highest BCUT2D eigenvalue weighted by Crippen LogP contribution is 2.25. The summed E-state index contributed by atoms with van der Waals surface area (Å²) >= 11 is 0. The van der Waals surface area contributed by atoms with E-state index >= 15 is 0 Å². The van der Waals surface area contributed by atoms with E-state index < -0.39 is 6.04 Å². The highest BCUT2D eigenvalue weighted by atomic mass is 35.5. The fourth-order valence-electron chi connectivity index (χ4n) is 2.75. The molecule has 134 valence electrons. The van der Waals surface area contributed by atoms with Gasteiger partial charge in [0.1, 0.15) is 6.04 Å². The Hall–Kier alpha value is -0.0700. The molecule has 1 saturated heterocycles. The predicted molar refractivity (Wildman–Crippen MR) is 96.0 cm³/mol. The Morgan fingerprint density at radius 2 is 2.09 bits per heavy atom. The van der Waals surface area contributed by atoms with Gasteiger partial charge in [0.25, 0.3) is 0 Å². The van der Waals surface area contributed by atoms with Gasteiger partial charge in [-0.25, -0.2) is 0 Å².